The van der Waals surface area contributed by atoms with Crippen LogP contribution in [-0.4, -0.2) is 23.9 Å². The van der Waals surface area contributed by atoms with Crippen LogP contribution in [0.1, 0.15) is 18.9 Å². The number of carbonyl (C=O) groups is 1. The molecule has 0 saturated carbocycles. The second kappa shape index (κ2) is 8.13. The fraction of sp³-hybridized carbons (Fsp3) is 0.417. The molecule has 3 nitrogen and oxygen atoms in total. The van der Waals surface area contributed by atoms with Gasteiger partial charge in [-0.1, -0.05) is 30.3 Å². The van der Waals surface area contributed by atoms with E-state index in [-0.39, 0.29) is 18.3 Å². The standard InChI is InChI=1S/C12H18N2O.ClH/c1-11(15)14(9-5-8-13)10-12-6-3-2-4-7-12;/h2-4,6-7H,5,8-10,13H2,1H3;1H. The summed E-state index contributed by atoms with van der Waals surface area (Å²) in [5.41, 5.74) is 6.59. The summed E-state index contributed by atoms with van der Waals surface area (Å²) in [5, 5.41) is 0. The van der Waals surface area contributed by atoms with E-state index in [1.54, 1.807) is 6.92 Å². The largest absolute Gasteiger partial charge is 0.339 e. The van der Waals surface area contributed by atoms with Crippen molar-refractivity contribution in [2.45, 2.75) is 19.9 Å². The predicted octanol–water partition coefficient (Wildman–Crippen LogP) is 1.81. The molecule has 0 heterocycles. The zero-order valence-electron chi connectivity index (χ0n) is 9.56. The zero-order chi connectivity index (χ0) is 11.1. The summed E-state index contributed by atoms with van der Waals surface area (Å²) < 4.78 is 0. The highest BCUT2D eigenvalue weighted by molar-refractivity contribution is 5.85. The minimum absolute atomic E-state index is 0. The molecule has 0 aliphatic rings. The van der Waals surface area contributed by atoms with Gasteiger partial charge in [-0.2, -0.15) is 0 Å². The van der Waals surface area contributed by atoms with Crippen molar-refractivity contribution >= 4 is 18.3 Å². The van der Waals surface area contributed by atoms with Crippen LogP contribution in [-0.2, 0) is 11.3 Å². The Labute approximate surface area is 103 Å². The smallest absolute Gasteiger partial charge is 0.219 e. The van der Waals surface area contributed by atoms with E-state index in [4.69, 9.17) is 5.73 Å². The van der Waals surface area contributed by atoms with E-state index >= 15 is 0 Å². The quantitative estimate of drug-likeness (QED) is 0.856. The molecular formula is C12H19ClN2O. The summed E-state index contributed by atoms with van der Waals surface area (Å²) in [5.74, 6) is 0.104. The maximum Gasteiger partial charge on any atom is 0.219 e. The van der Waals surface area contributed by atoms with Gasteiger partial charge in [0.05, 0.1) is 0 Å². The predicted molar refractivity (Wildman–Crippen MR) is 68.5 cm³/mol. The lowest BCUT2D eigenvalue weighted by molar-refractivity contribution is -0.129. The molecular weight excluding hydrogens is 224 g/mol. The fourth-order valence-corrected chi connectivity index (χ4v) is 1.43. The number of halogens is 1. The van der Waals surface area contributed by atoms with Crippen LogP contribution >= 0.6 is 12.4 Å². The first-order valence-corrected chi connectivity index (χ1v) is 5.23. The van der Waals surface area contributed by atoms with Crippen LogP contribution in [0.5, 0.6) is 0 Å². The molecule has 1 amide bonds. The molecule has 1 aromatic carbocycles. The Kier molecular flexibility index (Phi) is 7.60. The first-order chi connectivity index (χ1) is 7.24. The lowest BCUT2D eigenvalue weighted by Gasteiger charge is -2.20. The van der Waals surface area contributed by atoms with Crippen LogP contribution in [0.25, 0.3) is 0 Å². The van der Waals surface area contributed by atoms with E-state index in [1.165, 1.54) is 0 Å². The molecule has 0 radical (unpaired) electrons. The van der Waals surface area contributed by atoms with Gasteiger partial charge in [-0.05, 0) is 18.5 Å². The summed E-state index contributed by atoms with van der Waals surface area (Å²) in [6, 6.07) is 9.99. The molecule has 0 fully saturated rings. The first-order valence-electron chi connectivity index (χ1n) is 5.23. The summed E-state index contributed by atoms with van der Waals surface area (Å²) in [6.07, 6.45) is 0.854. The number of carbonyl (C=O) groups excluding carboxylic acids is 1. The Hall–Kier alpha value is -1.06. The van der Waals surface area contributed by atoms with Crippen molar-refractivity contribution in [3.63, 3.8) is 0 Å². The molecule has 0 aromatic heterocycles. The van der Waals surface area contributed by atoms with Crippen LogP contribution in [0.2, 0.25) is 0 Å². The highest BCUT2D eigenvalue weighted by Gasteiger charge is 2.07. The van der Waals surface area contributed by atoms with Crippen molar-refractivity contribution in [2.24, 2.45) is 5.73 Å². The van der Waals surface area contributed by atoms with E-state index < -0.39 is 0 Å². The third-order valence-corrected chi connectivity index (χ3v) is 2.29. The number of amides is 1. The Morgan fingerprint density at radius 2 is 1.94 bits per heavy atom. The van der Waals surface area contributed by atoms with Crippen LogP contribution < -0.4 is 5.73 Å². The third kappa shape index (κ3) is 5.14. The van der Waals surface area contributed by atoms with Gasteiger partial charge in [0.25, 0.3) is 0 Å². The summed E-state index contributed by atoms with van der Waals surface area (Å²) >= 11 is 0. The number of hydrogen-bond donors (Lipinski definition) is 1. The molecule has 16 heavy (non-hydrogen) atoms. The van der Waals surface area contributed by atoms with Gasteiger partial charge in [0.15, 0.2) is 0 Å². The third-order valence-electron chi connectivity index (χ3n) is 2.29. The maximum atomic E-state index is 11.3. The van der Waals surface area contributed by atoms with Gasteiger partial charge >= 0.3 is 0 Å². The molecule has 0 saturated heterocycles. The van der Waals surface area contributed by atoms with Gasteiger partial charge in [0.1, 0.15) is 0 Å². The number of rotatable bonds is 5. The summed E-state index contributed by atoms with van der Waals surface area (Å²) in [7, 11) is 0. The van der Waals surface area contributed by atoms with Crippen molar-refractivity contribution in [3.8, 4) is 0 Å². The Balaban J connectivity index is 0.00000225. The molecule has 4 heteroatoms. The van der Waals surface area contributed by atoms with E-state index in [1.807, 2.05) is 35.2 Å². The molecule has 0 spiro atoms. The van der Waals surface area contributed by atoms with E-state index in [0.29, 0.717) is 13.1 Å². The zero-order valence-corrected chi connectivity index (χ0v) is 10.4. The molecule has 0 atom stereocenters. The van der Waals surface area contributed by atoms with E-state index in [0.717, 1.165) is 18.5 Å². The molecule has 0 bridgehead atoms. The van der Waals surface area contributed by atoms with Crippen LogP contribution in [0.15, 0.2) is 30.3 Å². The average Bonchev–Trinajstić information content (AvgIpc) is 2.25. The molecule has 1 aromatic rings. The van der Waals surface area contributed by atoms with Crippen molar-refractivity contribution in [1.82, 2.24) is 4.90 Å². The molecule has 0 unspecified atom stereocenters. The molecule has 1 rings (SSSR count). The number of nitrogens with zero attached hydrogens (tertiary/aromatic N) is 1. The van der Waals surface area contributed by atoms with Crippen molar-refractivity contribution in [2.75, 3.05) is 13.1 Å². The summed E-state index contributed by atoms with van der Waals surface area (Å²) in [6.45, 7) is 3.63. The average molecular weight is 243 g/mol. The highest BCUT2D eigenvalue weighted by atomic mass is 35.5. The normalized spacial score (nSPS) is 9.38. The van der Waals surface area contributed by atoms with Crippen molar-refractivity contribution in [1.29, 1.82) is 0 Å². The topological polar surface area (TPSA) is 46.3 Å². The number of nitrogens with two attached hydrogens (primary N) is 1. The van der Waals surface area contributed by atoms with Crippen molar-refractivity contribution in [3.05, 3.63) is 35.9 Å². The van der Waals surface area contributed by atoms with Gasteiger partial charge < -0.3 is 10.6 Å². The number of benzene rings is 1. The molecule has 2 N–H and O–H groups in total. The van der Waals surface area contributed by atoms with Gasteiger partial charge in [0, 0.05) is 20.0 Å². The van der Waals surface area contributed by atoms with Gasteiger partial charge in [-0.3, -0.25) is 4.79 Å². The van der Waals surface area contributed by atoms with Crippen LogP contribution in [0.3, 0.4) is 0 Å². The molecule has 0 aliphatic heterocycles. The summed E-state index contributed by atoms with van der Waals surface area (Å²) in [4.78, 5) is 13.2. The minimum Gasteiger partial charge on any atom is -0.339 e. The number of hydrogen-bond acceptors (Lipinski definition) is 2. The Morgan fingerprint density at radius 3 is 2.44 bits per heavy atom. The van der Waals surface area contributed by atoms with Crippen LogP contribution in [0, 0.1) is 0 Å². The Bertz CT molecular complexity index is 303. The van der Waals surface area contributed by atoms with Gasteiger partial charge in [-0.15, -0.1) is 12.4 Å². The minimum atomic E-state index is 0. The van der Waals surface area contributed by atoms with Gasteiger partial charge in [-0.25, -0.2) is 0 Å². The Morgan fingerprint density at radius 1 is 1.31 bits per heavy atom. The lowest BCUT2D eigenvalue weighted by Crippen LogP contribution is -2.30. The van der Waals surface area contributed by atoms with Gasteiger partial charge in [0.2, 0.25) is 5.91 Å². The maximum absolute atomic E-state index is 11.3. The van der Waals surface area contributed by atoms with Crippen LogP contribution in [0.4, 0.5) is 0 Å². The second-order valence-electron chi connectivity index (χ2n) is 3.57. The van der Waals surface area contributed by atoms with E-state index in [9.17, 15) is 4.79 Å². The van der Waals surface area contributed by atoms with E-state index in [2.05, 4.69) is 0 Å². The lowest BCUT2D eigenvalue weighted by atomic mass is 10.2. The molecule has 90 valence electrons. The SMILES string of the molecule is CC(=O)N(CCCN)Cc1ccccc1.Cl. The second-order valence-corrected chi connectivity index (χ2v) is 3.57. The van der Waals surface area contributed by atoms with Crippen molar-refractivity contribution < 1.29 is 4.79 Å². The molecule has 0 aliphatic carbocycles. The first kappa shape index (κ1) is 14.9. The monoisotopic (exact) mass is 242 g/mol. The highest BCUT2D eigenvalue weighted by Crippen LogP contribution is 2.04. The fourth-order valence-electron chi connectivity index (χ4n) is 1.43.